The highest BCUT2D eigenvalue weighted by Crippen LogP contribution is 2.37. The number of amides is 5. The van der Waals surface area contributed by atoms with Gasteiger partial charge in [0.05, 0.1) is 23.2 Å². The van der Waals surface area contributed by atoms with Crippen molar-refractivity contribution >= 4 is 75.3 Å². The molecule has 10 heterocycles. The second kappa shape index (κ2) is 27.1. The number of nitrogens with one attached hydrogen (secondary N) is 3. The Morgan fingerprint density at radius 2 is 0.929 bits per heavy atom. The third-order valence-electron chi connectivity index (χ3n) is 16.6. The SMILES string of the molecule is C.C.C.C.CN(C)C(=O)c1cc2cnc(Nc3ccc(C(=O)N4CC5CCCC(C4)N5)cn3)nc2n1C1CCCC1.CN(C)C(=O)c1cc2cnc(Nc3ccc(C(=O)N4CC5CCCC(C4)N5C(=O)OC(C)(C)C)cn3)nc2n1C1CCCC1. The molecule has 0 spiro atoms. The molecule has 6 fully saturated rings. The fourth-order valence-corrected chi connectivity index (χ4v) is 12.8. The van der Waals surface area contributed by atoms with Gasteiger partial charge in [-0.2, -0.15) is 9.97 Å². The van der Waals surface area contributed by atoms with Crippen LogP contribution in [0.1, 0.15) is 194 Å². The molecule has 0 aromatic carbocycles. The molecule has 4 bridgehead atoms. The van der Waals surface area contributed by atoms with E-state index in [0.29, 0.717) is 71.2 Å². The van der Waals surface area contributed by atoms with Gasteiger partial charge in [0.15, 0.2) is 0 Å². The van der Waals surface area contributed by atoms with Gasteiger partial charge < -0.3 is 49.4 Å². The highest BCUT2D eigenvalue weighted by atomic mass is 16.6. The van der Waals surface area contributed by atoms with Crippen LogP contribution in [0, 0.1) is 0 Å². The summed E-state index contributed by atoms with van der Waals surface area (Å²) in [7, 11) is 7.05. The van der Waals surface area contributed by atoms with Crippen LogP contribution in [0.3, 0.4) is 0 Å². The van der Waals surface area contributed by atoms with Crippen molar-refractivity contribution in [2.24, 2.45) is 0 Å². The molecule has 2 aliphatic carbocycles. The Kier molecular flexibility index (Phi) is 20.7. The maximum atomic E-state index is 13.5. The molecule has 6 aliphatic rings. The average Bonchev–Trinajstić information content (AvgIpc) is 2.06. The minimum atomic E-state index is -0.565. The number of hydrogen-bond donors (Lipinski definition) is 3. The van der Waals surface area contributed by atoms with E-state index in [-0.39, 0.29) is 83.6 Å². The van der Waals surface area contributed by atoms with E-state index in [4.69, 9.17) is 14.7 Å². The number of nitrogens with zero attached hydrogens (tertiary/aromatic N) is 13. The molecule has 4 saturated heterocycles. The lowest BCUT2D eigenvalue weighted by atomic mass is 9.91. The van der Waals surface area contributed by atoms with Gasteiger partial charge in [-0.25, -0.2) is 24.7 Å². The molecular weight excluding hydrogens is 1080 g/mol. The number of likely N-dealkylation sites (tertiary alicyclic amines) is 2. The number of aromatic nitrogens is 8. The number of piperidine rings is 2. The fraction of sp³-hybridized carbons (Fsp3) is 0.571. The van der Waals surface area contributed by atoms with Gasteiger partial charge in [0.1, 0.15) is 39.9 Å². The number of hydrogen-bond acceptors (Lipinski definition) is 15. The Balaban J connectivity index is 0.000000235. The summed E-state index contributed by atoms with van der Waals surface area (Å²) in [5, 5.41) is 11.6. The summed E-state index contributed by atoms with van der Waals surface area (Å²) < 4.78 is 9.84. The first kappa shape index (κ1) is 64.8. The molecule has 22 heteroatoms. The monoisotopic (exact) mass is 1170 g/mol. The quantitative estimate of drug-likeness (QED) is 0.116. The second-order valence-corrected chi connectivity index (χ2v) is 24.2. The first-order chi connectivity index (χ1) is 38.9. The van der Waals surface area contributed by atoms with Crippen molar-refractivity contribution in [1.82, 2.24) is 68.9 Å². The summed E-state index contributed by atoms with van der Waals surface area (Å²) in [4.78, 5) is 102. The molecule has 460 valence electrons. The Morgan fingerprint density at radius 3 is 1.32 bits per heavy atom. The normalized spacial score (nSPS) is 20.2. The van der Waals surface area contributed by atoms with E-state index in [2.05, 4.69) is 45.0 Å². The Bertz CT molecular complexity index is 3280. The molecule has 4 aliphatic heterocycles. The number of ether oxygens (including phenoxy) is 1. The van der Waals surface area contributed by atoms with Crippen LogP contribution in [0.5, 0.6) is 0 Å². The van der Waals surface area contributed by atoms with Gasteiger partial charge in [-0.3, -0.25) is 24.1 Å². The fourth-order valence-electron chi connectivity index (χ4n) is 12.8. The zero-order valence-electron chi connectivity index (χ0n) is 47.7. The highest BCUT2D eigenvalue weighted by molar-refractivity contribution is 5.99. The van der Waals surface area contributed by atoms with Crippen LogP contribution < -0.4 is 16.0 Å². The van der Waals surface area contributed by atoms with Crippen molar-refractivity contribution in [2.75, 3.05) is 65.0 Å². The topological polar surface area (TPSA) is 234 Å². The molecule has 0 radical (unpaired) electrons. The molecule has 3 N–H and O–H groups in total. The Labute approximate surface area is 501 Å². The maximum Gasteiger partial charge on any atom is 0.410 e. The van der Waals surface area contributed by atoms with Crippen LogP contribution in [-0.2, 0) is 4.74 Å². The van der Waals surface area contributed by atoms with Crippen LogP contribution in [-0.4, -0.2) is 177 Å². The van der Waals surface area contributed by atoms with Crippen LogP contribution in [0.4, 0.5) is 28.3 Å². The van der Waals surface area contributed by atoms with Gasteiger partial charge in [0.25, 0.3) is 23.6 Å². The molecule has 6 aromatic heterocycles. The van der Waals surface area contributed by atoms with Crippen LogP contribution in [0.2, 0.25) is 0 Å². The standard InChI is InChI=1S/C32H42N8O4.C27H34N8O2.4CH4/c1-32(2,3)44-31(43)39-23-11-8-12-24(39)19-38(18-23)28(41)20-13-14-26(33-16-20)35-30-34-17-21-15-25(29(42)37(4)5)40(27(21)36-30)22-9-6-7-10-22;1-33(2)26(37)22-12-18-14-29-27(32-24(18)35(22)21-8-3-4-9-21)31-23-11-10-17(13-28-23)25(36)34-15-19-6-5-7-20(16-34)30-19;;;;/h13-17,22-24H,6-12,18-19H2,1-5H3,(H,33,34,35,36);10-14,19-21,30H,3-9,15-16H2,1-2H3,(H,28,29,31,32);4*1H4. The van der Waals surface area contributed by atoms with E-state index < -0.39 is 5.60 Å². The lowest BCUT2D eigenvalue weighted by Crippen LogP contribution is -2.64. The van der Waals surface area contributed by atoms with E-state index in [9.17, 15) is 24.0 Å². The number of fused-ring (bicyclic) bond motifs is 6. The average molecular weight is 1170 g/mol. The molecule has 12 rings (SSSR count). The molecule has 6 aromatic rings. The van der Waals surface area contributed by atoms with E-state index in [1.165, 1.54) is 6.42 Å². The predicted molar refractivity (Wildman–Crippen MR) is 334 cm³/mol. The summed E-state index contributed by atoms with van der Waals surface area (Å²) >= 11 is 0. The van der Waals surface area contributed by atoms with Crippen molar-refractivity contribution in [3.8, 4) is 0 Å². The number of carbonyl (C=O) groups is 5. The van der Waals surface area contributed by atoms with Crippen molar-refractivity contribution in [3.63, 3.8) is 0 Å². The van der Waals surface area contributed by atoms with Gasteiger partial charge in [0, 0.05) is 114 Å². The maximum absolute atomic E-state index is 13.5. The number of pyridine rings is 2. The molecule has 5 amide bonds. The summed E-state index contributed by atoms with van der Waals surface area (Å²) in [6.07, 6.45) is 21.3. The highest BCUT2D eigenvalue weighted by Gasteiger charge is 2.43. The van der Waals surface area contributed by atoms with Gasteiger partial charge in [-0.15, -0.1) is 0 Å². The predicted octanol–water partition coefficient (Wildman–Crippen LogP) is 10.9. The molecular formula is C63H92N16O6. The molecule has 85 heavy (non-hydrogen) atoms. The van der Waals surface area contributed by atoms with E-state index in [1.54, 1.807) is 81.0 Å². The minimum Gasteiger partial charge on any atom is -0.444 e. The van der Waals surface area contributed by atoms with E-state index in [1.807, 2.05) is 53.7 Å². The van der Waals surface area contributed by atoms with Crippen molar-refractivity contribution < 1.29 is 28.7 Å². The molecule has 4 unspecified atom stereocenters. The van der Waals surface area contributed by atoms with Gasteiger partial charge in [-0.05, 0) is 115 Å². The number of carbonyl (C=O) groups excluding carboxylic acids is 5. The smallest absolute Gasteiger partial charge is 0.410 e. The van der Waals surface area contributed by atoms with E-state index >= 15 is 0 Å². The van der Waals surface area contributed by atoms with Crippen LogP contribution in [0.25, 0.3) is 22.1 Å². The van der Waals surface area contributed by atoms with Crippen molar-refractivity contribution in [1.29, 1.82) is 0 Å². The number of anilines is 4. The third kappa shape index (κ3) is 14.0. The molecule has 4 atom stereocenters. The van der Waals surface area contributed by atoms with Gasteiger partial charge in [-0.1, -0.05) is 61.8 Å². The third-order valence-corrected chi connectivity index (χ3v) is 16.6. The van der Waals surface area contributed by atoms with Crippen molar-refractivity contribution in [2.45, 2.75) is 182 Å². The number of piperazine rings is 2. The second-order valence-electron chi connectivity index (χ2n) is 24.2. The Hall–Kier alpha value is -7.75. The van der Waals surface area contributed by atoms with Crippen molar-refractivity contribution in [3.05, 3.63) is 83.7 Å². The summed E-state index contributed by atoms with van der Waals surface area (Å²) in [6, 6.07) is 12.0. The summed E-state index contributed by atoms with van der Waals surface area (Å²) in [6.45, 7) is 8.06. The van der Waals surface area contributed by atoms with Gasteiger partial charge >= 0.3 is 6.09 Å². The lowest BCUT2D eigenvalue weighted by molar-refractivity contribution is -0.0334. The zero-order chi connectivity index (χ0) is 56.7. The minimum absolute atomic E-state index is 0. The summed E-state index contributed by atoms with van der Waals surface area (Å²) in [5.41, 5.74) is 3.26. The van der Waals surface area contributed by atoms with Crippen LogP contribution in [0.15, 0.2) is 61.2 Å². The first-order valence-corrected chi connectivity index (χ1v) is 29.0. The largest absolute Gasteiger partial charge is 0.444 e. The van der Waals surface area contributed by atoms with Crippen LogP contribution >= 0.6 is 0 Å². The Morgan fingerprint density at radius 1 is 0.529 bits per heavy atom. The molecule has 22 nitrogen and oxygen atoms in total. The lowest BCUT2D eigenvalue weighted by Gasteiger charge is -2.49. The number of rotatable bonds is 10. The summed E-state index contributed by atoms with van der Waals surface area (Å²) in [5.74, 6) is 1.70. The zero-order valence-corrected chi connectivity index (χ0v) is 47.7. The van der Waals surface area contributed by atoms with E-state index in [0.717, 1.165) is 119 Å². The van der Waals surface area contributed by atoms with Gasteiger partial charge in [0.2, 0.25) is 11.9 Å². The first-order valence-electron chi connectivity index (χ1n) is 29.0. The molecule has 2 saturated carbocycles.